The Balaban J connectivity index is 1.38. The number of likely N-dealkylation sites (tertiary alicyclic amines) is 1. The van der Waals surface area contributed by atoms with E-state index in [0.717, 1.165) is 40.7 Å². The number of ether oxygens (including phenoxy) is 1. The molecule has 3 aromatic rings. The molecular weight excluding hydrogens is 432 g/mol. The minimum absolute atomic E-state index is 0.00937. The number of benzene rings is 1. The Morgan fingerprint density at radius 1 is 1.38 bits per heavy atom. The Bertz CT molecular complexity index is 1210. The number of carboxylic acids is 1. The molecule has 1 aromatic carbocycles. The number of carboxylic acid groups (broad SMARTS) is 1. The van der Waals surface area contributed by atoms with Crippen molar-refractivity contribution in [3.63, 3.8) is 0 Å². The molecule has 3 atom stereocenters. The van der Waals surface area contributed by atoms with E-state index in [2.05, 4.69) is 31.9 Å². The van der Waals surface area contributed by atoms with E-state index in [-0.39, 0.29) is 5.92 Å². The number of fused-ring (bicyclic) bond motifs is 1. The van der Waals surface area contributed by atoms with E-state index >= 15 is 0 Å². The summed E-state index contributed by atoms with van der Waals surface area (Å²) in [5.74, 6) is 5.68. The highest BCUT2D eigenvalue weighted by Crippen LogP contribution is 2.33. The molecular formula is C26H30N4O4. The molecule has 0 bridgehead atoms. The fraction of sp³-hybridized carbons (Fsp3) is 0.423. The van der Waals surface area contributed by atoms with Crippen molar-refractivity contribution in [2.24, 2.45) is 11.8 Å². The van der Waals surface area contributed by atoms with E-state index in [4.69, 9.17) is 4.74 Å². The molecule has 1 aliphatic heterocycles. The van der Waals surface area contributed by atoms with Gasteiger partial charge in [0.2, 0.25) is 0 Å². The minimum Gasteiger partial charge on any atom is -0.497 e. The number of pyridine rings is 1. The van der Waals surface area contributed by atoms with E-state index in [9.17, 15) is 15.0 Å². The summed E-state index contributed by atoms with van der Waals surface area (Å²) in [7, 11) is 1.61. The zero-order valence-electron chi connectivity index (χ0n) is 19.5. The fourth-order valence-corrected chi connectivity index (χ4v) is 4.65. The molecule has 0 aliphatic carbocycles. The number of aliphatic hydroxyl groups is 1. The highest BCUT2D eigenvalue weighted by atomic mass is 16.5. The lowest BCUT2D eigenvalue weighted by atomic mass is 9.81. The fourth-order valence-electron chi connectivity index (χ4n) is 4.65. The number of nitrogens with zero attached hydrogens (tertiary/aromatic N) is 3. The topological polar surface area (TPSA) is 112 Å². The summed E-state index contributed by atoms with van der Waals surface area (Å²) in [5.41, 5.74) is 3.37. The lowest BCUT2D eigenvalue weighted by Crippen LogP contribution is -2.44. The number of rotatable bonds is 7. The number of aliphatic hydroxyl groups excluding tert-OH is 1. The molecule has 2 aromatic heterocycles. The third kappa shape index (κ3) is 5.38. The first-order chi connectivity index (χ1) is 16.5. The number of H-pyrrole nitrogens is 1. The minimum atomic E-state index is -0.790. The first-order valence-corrected chi connectivity index (χ1v) is 11.5. The van der Waals surface area contributed by atoms with Gasteiger partial charge in [0, 0.05) is 23.8 Å². The van der Waals surface area contributed by atoms with Crippen LogP contribution in [0.1, 0.15) is 42.2 Å². The molecule has 1 aliphatic rings. The van der Waals surface area contributed by atoms with Crippen LogP contribution >= 0.6 is 0 Å². The normalized spacial score (nSPS) is 19.4. The summed E-state index contributed by atoms with van der Waals surface area (Å²) in [6.45, 7) is 3.70. The van der Waals surface area contributed by atoms with Crippen molar-refractivity contribution in [2.45, 2.75) is 32.3 Å². The van der Waals surface area contributed by atoms with E-state index in [1.54, 1.807) is 19.5 Å². The number of aryl methyl sites for hydroxylation is 1. The predicted octanol–water partition coefficient (Wildman–Crippen LogP) is 3.16. The summed E-state index contributed by atoms with van der Waals surface area (Å²) < 4.78 is 5.32. The maximum Gasteiger partial charge on any atom is 0.308 e. The number of piperidine rings is 1. The molecule has 0 amide bonds. The van der Waals surface area contributed by atoms with Crippen LogP contribution in [0.3, 0.4) is 0 Å². The highest BCUT2D eigenvalue weighted by molar-refractivity contribution is 5.83. The van der Waals surface area contributed by atoms with Gasteiger partial charge in [-0.05, 0) is 68.5 Å². The molecule has 1 saturated heterocycles. The van der Waals surface area contributed by atoms with Gasteiger partial charge < -0.3 is 14.9 Å². The number of aromatic amines is 1. The summed E-state index contributed by atoms with van der Waals surface area (Å²) in [4.78, 5) is 18.5. The van der Waals surface area contributed by atoms with Crippen molar-refractivity contribution in [1.82, 2.24) is 20.1 Å². The summed E-state index contributed by atoms with van der Waals surface area (Å²) in [6, 6.07) is 7.42. The predicted molar refractivity (Wildman–Crippen MR) is 128 cm³/mol. The molecule has 178 valence electrons. The number of hydrogen-bond acceptors (Lipinski definition) is 6. The molecule has 0 spiro atoms. The van der Waals surface area contributed by atoms with Crippen molar-refractivity contribution in [2.75, 3.05) is 26.7 Å². The summed E-state index contributed by atoms with van der Waals surface area (Å²) in [6.07, 6.45) is 4.58. The second-order valence-electron chi connectivity index (χ2n) is 8.82. The first kappa shape index (κ1) is 23.7. The van der Waals surface area contributed by atoms with Crippen LogP contribution in [0.4, 0.5) is 0 Å². The standard InChI is InChI=1S/C26H30N4O4/c1-17-19(15-28-29-17)4-3-12-30-13-10-18(23(16-30)26(32)33)5-8-25(31)21-9-11-27-24-7-6-20(34-2)14-22(21)24/h6-7,9,11,14-15,18,23,25,31H,5,8,10,12-13,16H2,1-2H3,(H,28,29)(H,32,33)/t18-,23+,25+/m1/s1. The van der Waals surface area contributed by atoms with Gasteiger partial charge >= 0.3 is 5.97 Å². The zero-order chi connectivity index (χ0) is 24.1. The van der Waals surface area contributed by atoms with Crippen molar-refractivity contribution < 1.29 is 19.7 Å². The van der Waals surface area contributed by atoms with E-state index in [0.29, 0.717) is 31.7 Å². The van der Waals surface area contributed by atoms with Gasteiger partial charge in [0.25, 0.3) is 0 Å². The van der Waals surface area contributed by atoms with Gasteiger partial charge in [0.05, 0.1) is 43.0 Å². The molecule has 3 heterocycles. The lowest BCUT2D eigenvalue weighted by molar-refractivity contribution is -0.146. The third-order valence-corrected chi connectivity index (χ3v) is 6.67. The number of methoxy groups -OCH3 is 1. The van der Waals surface area contributed by atoms with Crippen LogP contribution in [-0.4, -0.2) is 63.0 Å². The average molecular weight is 463 g/mol. The van der Waals surface area contributed by atoms with Gasteiger partial charge in [0.1, 0.15) is 5.75 Å². The average Bonchev–Trinajstić information content (AvgIpc) is 3.26. The number of nitrogens with one attached hydrogen (secondary N) is 1. The smallest absolute Gasteiger partial charge is 0.308 e. The molecule has 0 unspecified atom stereocenters. The molecule has 4 rings (SSSR count). The van der Waals surface area contributed by atoms with Crippen molar-refractivity contribution in [3.05, 3.63) is 53.5 Å². The quantitative estimate of drug-likeness (QED) is 0.463. The van der Waals surface area contributed by atoms with Crippen molar-refractivity contribution in [3.8, 4) is 17.6 Å². The number of hydrogen-bond donors (Lipinski definition) is 3. The largest absolute Gasteiger partial charge is 0.497 e. The highest BCUT2D eigenvalue weighted by Gasteiger charge is 2.34. The van der Waals surface area contributed by atoms with Gasteiger partial charge in [-0.1, -0.05) is 11.8 Å². The Morgan fingerprint density at radius 3 is 2.97 bits per heavy atom. The van der Waals surface area contributed by atoms with Crippen LogP contribution in [-0.2, 0) is 4.79 Å². The van der Waals surface area contributed by atoms with Crippen LogP contribution in [0, 0.1) is 30.6 Å². The summed E-state index contributed by atoms with van der Waals surface area (Å²) in [5, 5.41) is 28.5. The second-order valence-corrected chi connectivity index (χ2v) is 8.82. The second kappa shape index (κ2) is 10.7. The Labute approximate surface area is 199 Å². The van der Waals surface area contributed by atoms with Gasteiger partial charge in [-0.15, -0.1) is 0 Å². The summed E-state index contributed by atoms with van der Waals surface area (Å²) >= 11 is 0. The molecule has 8 nitrogen and oxygen atoms in total. The van der Waals surface area contributed by atoms with Crippen LogP contribution < -0.4 is 4.74 Å². The third-order valence-electron chi connectivity index (χ3n) is 6.67. The van der Waals surface area contributed by atoms with E-state index < -0.39 is 18.0 Å². The van der Waals surface area contributed by atoms with Crippen LogP contribution in [0.15, 0.2) is 36.7 Å². The zero-order valence-corrected chi connectivity index (χ0v) is 19.5. The van der Waals surface area contributed by atoms with Crippen LogP contribution in [0.5, 0.6) is 5.75 Å². The number of carbonyl (C=O) groups is 1. The maximum atomic E-state index is 12.0. The monoisotopic (exact) mass is 462 g/mol. The molecule has 8 heteroatoms. The Hall–Kier alpha value is -3.41. The molecule has 0 saturated carbocycles. The van der Waals surface area contributed by atoms with Crippen LogP contribution in [0.25, 0.3) is 10.9 Å². The van der Waals surface area contributed by atoms with Crippen LogP contribution in [0.2, 0.25) is 0 Å². The molecule has 3 N–H and O–H groups in total. The van der Waals surface area contributed by atoms with Gasteiger partial charge in [-0.3, -0.25) is 19.8 Å². The Kier molecular flexibility index (Phi) is 7.46. The first-order valence-electron chi connectivity index (χ1n) is 11.5. The lowest BCUT2D eigenvalue weighted by Gasteiger charge is -2.36. The van der Waals surface area contributed by atoms with Crippen molar-refractivity contribution >= 4 is 16.9 Å². The van der Waals surface area contributed by atoms with Gasteiger partial charge in [0.15, 0.2) is 0 Å². The Morgan fingerprint density at radius 2 is 2.24 bits per heavy atom. The maximum absolute atomic E-state index is 12.0. The van der Waals surface area contributed by atoms with Crippen molar-refractivity contribution in [1.29, 1.82) is 0 Å². The SMILES string of the molecule is COc1ccc2nccc([C@@H](O)CC[C@@H]3CCN(CC#Cc4cn[nH]c4C)C[C@@H]3C(=O)O)c2c1. The van der Waals surface area contributed by atoms with Gasteiger partial charge in [-0.2, -0.15) is 5.10 Å². The van der Waals surface area contributed by atoms with E-state index in [1.165, 1.54) is 0 Å². The number of aliphatic carboxylic acids is 1. The number of aromatic nitrogens is 3. The van der Waals surface area contributed by atoms with E-state index in [1.807, 2.05) is 31.2 Å². The molecule has 0 radical (unpaired) electrons. The molecule has 34 heavy (non-hydrogen) atoms. The molecule has 1 fully saturated rings. The van der Waals surface area contributed by atoms with Gasteiger partial charge in [-0.25, -0.2) is 0 Å².